The molecule has 4 fully saturated rings. The Bertz CT molecular complexity index is 2710. The zero-order valence-electron chi connectivity index (χ0n) is 41.2. The van der Waals surface area contributed by atoms with Crippen LogP contribution in [0.15, 0.2) is 96.7 Å². The predicted octanol–water partition coefficient (Wildman–Crippen LogP) is 14.4. The monoisotopic (exact) mass is 1100 g/mol. The lowest BCUT2D eigenvalue weighted by Crippen LogP contribution is -2.43. The summed E-state index contributed by atoms with van der Waals surface area (Å²) in [6, 6.07) is 14.3. The highest BCUT2D eigenvalue weighted by molar-refractivity contribution is 5.92. The van der Waals surface area contributed by atoms with Gasteiger partial charge in [-0.25, -0.2) is 8.78 Å². The number of ketones is 1. The number of allylic oxidation sites excluding steroid dienone is 2. The number of fused-ring (bicyclic) bond motifs is 1. The molecule has 3 aliphatic carbocycles. The average molecular weight is 1100 g/mol. The van der Waals surface area contributed by atoms with Crippen molar-refractivity contribution in [3.05, 3.63) is 153 Å². The van der Waals surface area contributed by atoms with Crippen LogP contribution >= 0.6 is 0 Å². The SMILES string of the molecule is C.C[C@@H](O[C@H]1CC[C@@H]([C@@H]2C[C@@](C)(N)C(=O)N2)[C@@H]1c1ccc(F)cc1)c1cc(C(F)(F)F)cc(C(F)(F)F)c1.C[C@@H](O[C@H]1CC[C@@H]2CN(C3=CC(=O)CC3)C[C@H]2[C@@H]1c1ccc(F)cc1)c1cc(C(F)(F)F)cc(C(F)(F)F)c1. The molecule has 21 heteroatoms. The molecule has 9 rings (SSSR count). The van der Waals surface area contributed by atoms with Crippen molar-refractivity contribution in [1.82, 2.24) is 10.2 Å². The van der Waals surface area contributed by atoms with Gasteiger partial charge in [0.1, 0.15) is 11.6 Å². The summed E-state index contributed by atoms with van der Waals surface area (Å²) in [6.45, 7) is 5.87. The summed E-state index contributed by atoms with van der Waals surface area (Å²) in [6.07, 6.45) is -17.6. The Balaban J connectivity index is 0.000000221. The van der Waals surface area contributed by atoms with Crippen LogP contribution in [0, 0.1) is 29.4 Å². The van der Waals surface area contributed by atoms with Gasteiger partial charge in [0.15, 0.2) is 5.78 Å². The number of alkyl halides is 12. The van der Waals surface area contributed by atoms with E-state index in [0.717, 1.165) is 24.2 Å². The maximum Gasteiger partial charge on any atom is 0.416 e. The lowest BCUT2D eigenvalue weighted by molar-refractivity contribution is -0.145. The number of hydrogen-bond donors (Lipinski definition) is 2. The Morgan fingerprint density at radius 1 is 0.597 bits per heavy atom. The molecule has 2 heterocycles. The minimum absolute atomic E-state index is 0. The van der Waals surface area contributed by atoms with E-state index in [-0.39, 0.29) is 72.1 Å². The number of amides is 1. The second kappa shape index (κ2) is 22.3. The van der Waals surface area contributed by atoms with Gasteiger partial charge in [0, 0.05) is 49.2 Å². The minimum atomic E-state index is -4.97. The smallest absolute Gasteiger partial charge is 0.374 e. The largest absolute Gasteiger partial charge is 0.416 e. The summed E-state index contributed by atoms with van der Waals surface area (Å²) < 4.78 is 201. The highest BCUT2D eigenvalue weighted by Crippen LogP contribution is 2.51. The summed E-state index contributed by atoms with van der Waals surface area (Å²) in [5, 5.41) is 2.91. The number of nitrogens with zero attached hydrogens (tertiary/aromatic N) is 1. The lowest BCUT2D eigenvalue weighted by atomic mass is 9.69. The molecule has 77 heavy (non-hydrogen) atoms. The van der Waals surface area contributed by atoms with E-state index in [1.165, 1.54) is 38.1 Å². The molecule has 4 aromatic carbocycles. The molecule has 0 spiro atoms. The summed E-state index contributed by atoms with van der Waals surface area (Å²) in [5.74, 6) is -1.59. The summed E-state index contributed by atoms with van der Waals surface area (Å²) >= 11 is 0. The summed E-state index contributed by atoms with van der Waals surface area (Å²) in [5.41, 5.74) is 1.46. The second-order valence-electron chi connectivity index (χ2n) is 20.9. The molecule has 4 aromatic rings. The molecule has 2 aliphatic heterocycles. The van der Waals surface area contributed by atoms with Gasteiger partial charge in [-0.3, -0.25) is 9.59 Å². The van der Waals surface area contributed by atoms with Gasteiger partial charge >= 0.3 is 24.7 Å². The van der Waals surface area contributed by atoms with Crippen LogP contribution in [-0.2, 0) is 43.8 Å². The average Bonchev–Trinajstić information content (AvgIpc) is 4.13. The number of ether oxygens (including phenoxy) is 2. The summed E-state index contributed by atoms with van der Waals surface area (Å²) in [4.78, 5) is 26.3. The molecule has 420 valence electrons. The summed E-state index contributed by atoms with van der Waals surface area (Å²) in [7, 11) is 0. The Kier molecular flexibility index (Phi) is 17.1. The molecule has 0 radical (unpaired) electrons. The first-order valence-electron chi connectivity index (χ1n) is 24.8. The third-order valence-corrected chi connectivity index (χ3v) is 15.6. The van der Waals surface area contributed by atoms with E-state index in [4.69, 9.17) is 15.2 Å². The van der Waals surface area contributed by atoms with Crippen LogP contribution in [0.25, 0.3) is 0 Å². The van der Waals surface area contributed by atoms with Gasteiger partial charge in [0.25, 0.3) is 0 Å². The molecule has 0 unspecified atom stereocenters. The fourth-order valence-electron chi connectivity index (χ4n) is 11.9. The Morgan fingerprint density at radius 2 is 1.01 bits per heavy atom. The van der Waals surface area contributed by atoms with Gasteiger partial charge in [-0.15, -0.1) is 0 Å². The van der Waals surface area contributed by atoms with Crippen LogP contribution in [0.3, 0.4) is 0 Å². The molecule has 0 bridgehead atoms. The van der Waals surface area contributed by atoms with Crippen LogP contribution in [0.4, 0.5) is 61.5 Å². The van der Waals surface area contributed by atoms with Gasteiger partial charge in [-0.05, 0) is 160 Å². The van der Waals surface area contributed by atoms with Crippen molar-refractivity contribution in [2.75, 3.05) is 13.1 Å². The highest BCUT2D eigenvalue weighted by Gasteiger charge is 2.51. The fraction of sp³-hybridized carbons (Fsp3) is 0.500. The number of nitrogens with one attached hydrogen (secondary N) is 1. The second-order valence-corrected chi connectivity index (χ2v) is 20.9. The Morgan fingerprint density at radius 3 is 1.39 bits per heavy atom. The number of nitrogens with two attached hydrogens (primary N) is 1. The van der Waals surface area contributed by atoms with Crippen molar-refractivity contribution >= 4 is 11.7 Å². The van der Waals surface area contributed by atoms with E-state index in [9.17, 15) is 71.1 Å². The molecule has 3 N–H and O–H groups in total. The van der Waals surface area contributed by atoms with Gasteiger partial charge in [0.05, 0.1) is 52.2 Å². The quantitative estimate of drug-likeness (QED) is 0.154. The standard InChI is InChI=1S/C29H28F7NO2.C26H27F7N2O2.CH4/c1-16(19-10-20(28(31,32)33)12-21(11-19)29(34,35)36)39-26-9-4-18-14-37(23-7-8-24(38)13-23)15-25(18)27(26)17-2-5-22(30)6-3-17;1-13(15-9-16(25(28,29)30)11-17(10-15)26(31,32)33)37-21-8-7-19(20-12-24(2,34)23(36)35-20)22(21)14-3-5-18(27)6-4-14;/h2-3,5-6,10-13,16,18,25-27H,4,7-9,14-15H2,1H3;3-6,9-11,13,19-22H,7-8,12,34H2,1-2H3,(H,35,36);1H4/t16-,18-,25-,26+,27+;13-,19+,20+,21+,22+,24-;/m11./s1. The zero-order chi connectivity index (χ0) is 55.4. The number of carbonyl (C=O) groups excluding carboxylic acids is 2. The van der Waals surface area contributed by atoms with E-state index in [1.807, 2.05) is 0 Å². The number of halogens is 14. The molecular formula is C56H59F14N3O4. The maximum absolute atomic E-state index is 13.8. The number of likely N-dealkylation sites (tertiary alicyclic amines) is 1. The van der Waals surface area contributed by atoms with E-state index in [2.05, 4.69) is 10.2 Å². The lowest BCUT2D eigenvalue weighted by Gasteiger charge is -2.41. The van der Waals surface area contributed by atoms with Crippen LogP contribution in [0.5, 0.6) is 0 Å². The van der Waals surface area contributed by atoms with E-state index in [1.54, 1.807) is 37.3 Å². The van der Waals surface area contributed by atoms with E-state index >= 15 is 0 Å². The third-order valence-electron chi connectivity index (χ3n) is 15.6. The number of rotatable bonds is 10. The molecule has 11 atom stereocenters. The zero-order valence-corrected chi connectivity index (χ0v) is 41.2. The van der Waals surface area contributed by atoms with Crippen molar-refractivity contribution in [3.63, 3.8) is 0 Å². The van der Waals surface area contributed by atoms with Crippen molar-refractivity contribution in [2.24, 2.45) is 23.5 Å². The van der Waals surface area contributed by atoms with Gasteiger partial charge in [-0.2, -0.15) is 52.7 Å². The number of hydrogen-bond acceptors (Lipinski definition) is 6. The first-order chi connectivity index (χ1) is 35.3. The normalized spacial score (nSPS) is 27.6. The maximum atomic E-state index is 13.8. The number of carbonyl (C=O) groups is 2. The van der Waals surface area contributed by atoms with Crippen LogP contribution in [0.1, 0.15) is 142 Å². The molecular weight excluding hydrogens is 1040 g/mol. The van der Waals surface area contributed by atoms with Crippen LogP contribution in [-0.4, -0.2) is 53.5 Å². The number of benzene rings is 4. The molecule has 5 aliphatic rings. The van der Waals surface area contributed by atoms with Crippen molar-refractivity contribution < 1.29 is 80.5 Å². The topological polar surface area (TPSA) is 93.9 Å². The van der Waals surface area contributed by atoms with Crippen LogP contribution in [0.2, 0.25) is 0 Å². The van der Waals surface area contributed by atoms with Crippen molar-refractivity contribution in [3.8, 4) is 0 Å². The predicted molar refractivity (Wildman–Crippen MR) is 256 cm³/mol. The third kappa shape index (κ3) is 13.5. The molecule has 2 saturated heterocycles. The van der Waals surface area contributed by atoms with E-state index < -0.39 is 94.5 Å². The van der Waals surface area contributed by atoms with E-state index in [0.29, 0.717) is 74.9 Å². The van der Waals surface area contributed by atoms with Gasteiger partial charge in [0.2, 0.25) is 5.91 Å². The highest BCUT2D eigenvalue weighted by atomic mass is 19.4. The van der Waals surface area contributed by atoms with Gasteiger partial charge < -0.3 is 25.4 Å². The molecule has 7 nitrogen and oxygen atoms in total. The molecule has 2 saturated carbocycles. The van der Waals surface area contributed by atoms with Gasteiger partial charge in [-0.1, -0.05) is 31.7 Å². The first-order valence-corrected chi connectivity index (χ1v) is 24.8. The van der Waals surface area contributed by atoms with Crippen LogP contribution < -0.4 is 11.1 Å². The fourth-order valence-corrected chi connectivity index (χ4v) is 11.9. The molecule has 0 aromatic heterocycles. The Hall–Kier alpha value is -5.54. The van der Waals surface area contributed by atoms with Crippen molar-refractivity contribution in [2.45, 2.75) is 146 Å². The molecule has 1 amide bonds. The van der Waals surface area contributed by atoms with Crippen molar-refractivity contribution in [1.29, 1.82) is 0 Å². The first kappa shape index (κ1) is 59.1. The minimum Gasteiger partial charge on any atom is -0.374 e. The Labute approximate surface area is 436 Å².